The zero-order chi connectivity index (χ0) is 9.47. The molecule has 2 unspecified atom stereocenters. The molecule has 3 saturated heterocycles. The normalized spacial score (nSPS) is 37.0. The Kier molecular flexibility index (Phi) is 2.33. The van der Waals surface area contributed by atoms with Crippen LogP contribution < -0.4 is 5.32 Å². The molecule has 13 heavy (non-hydrogen) atoms. The van der Waals surface area contributed by atoms with Gasteiger partial charge in [0.15, 0.2) is 9.84 Å². The second-order valence-corrected chi connectivity index (χ2v) is 6.44. The van der Waals surface area contributed by atoms with Crippen molar-refractivity contribution >= 4 is 9.84 Å². The van der Waals surface area contributed by atoms with Crippen molar-refractivity contribution in [1.82, 2.24) is 10.2 Å². The Bertz CT molecular complexity index is 271. The zero-order valence-corrected chi connectivity index (χ0v) is 8.68. The van der Waals surface area contributed by atoms with Crippen molar-refractivity contribution < 1.29 is 8.42 Å². The highest BCUT2D eigenvalue weighted by molar-refractivity contribution is 7.94. The average molecular weight is 204 g/mol. The summed E-state index contributed by atoms with van der Waals surface area (Å²) in [5.41, 5.74) is 0. The number of nitrogens with one attached hydrogen (secondary N) is 1. The van der Waals surface area contributed by atoms with Gasteiger partial charge in [0.05, 0.1) is 10.5 Å². The molecule has 3 fully saturated rings. The summed E-state index contributed by atoms with van der Waals surface area (Å²) in [5, 5.41) is 2.97. The number of hydrogen-bond acceptors (Lipinski definition) is 4. The summed E-state index contributed by atoms with van der Waals surface area (Å²) >= 11 is 0. The third-order valence-corrected chi connectivity index (χ3v) is 5.60. The fourth-order valence-corrected chi connectivity index (χ4v) is 4.20. The Morgan fingerprint density at radius 3 is 2.46 bits per heavy atom. The Morgan fingerprint density at radius 1 is 1.38 bits per heavy atom. The molecule has 0 saturated carbocycles. The van der Waals surface area contributed by atoms with Gasteiger partial charge < -0.3 is 5.32 Å². The first-order valence-corrected chi connectivity index (χ1v) is 6.35. The molecule has 0 radical (unpaired) electrons. The number of piperidine rings is 1. The molecule has 0 spiro atoms. The van der Waals surface area contributed by atoms with Crippen molar-refractivity contribution in [1.29, 1.82) is 0 Å². The number of hydrogen-bond donors (Lipinski definition) is 1. The summed E-state index contributed by atoms with van der Waals surface area (Å²) in [7, 11) is -0.766. The van der Waals surface area contributed by atoms with Crippen LogP contribution >= 0.6 is 0 Å². The minimum atomic E-state index is -2.68. The third kappa shape index (κ3) is 1.49. The highest BCUT2D eigenvalue weighted by Gasteiger charge is 2.51. The number of fused-ring (bicyclic) bond motifs is 2. The molecular weight excluding hydrogens is 188 g/mol. The fraction of sp³-hybridized carbons (Fsp3) is 1.00. The van der Waals surface area contributed by atoms with Crippen molar-refractivity contribution in [2.75, 3.05) is 33.2 Å². The fourth-order valence-electron chi connectivity index (χ4n) is 2.17. The molecule has 0 aromatic heterocycles. The lowest BCUT2D eigenvalue weighted by molar-refractivity contribution is 0.210. The Balaban J connectivity index is 1.90. The second-order valence-electron chi connectivity index (χ2n) is 3.93. The van der Waals surface area contributed by atoms with Gasteiger partial charge >= 0.3 is 0 Å². The van der Waals surface area contributed by atoms with Gasteiger partial charge in [0, 0.05) is 26.2 Å². The van der Waals surface area contributed by atoms with Gasteiger partial charge in [-0.25, -0.2) is 8.42 Å². The molecule has 1 N–H and O–H groups in total. The summed E-state index contributed by atoms with van der Waals surface area (Å²) in [6, 6.07) is 0. The molecule has 5 heteroatoms. The number of nitrogens with zero attached hydrogens (tertiary/aromatic N) is 1. The first kappa shape index (κ1) is 9.43. The van der Waals surface area contributed by atoms with Gasteiger partial charge in [0.1, 0.15) is 0 Å². The van der Waals surface area contributed by atoms with Crippen molar-refractivity contribution in [2.24, 2.45) is 0 Å². The summed E-state index contributed by atoms with van der Waals surface area (Å²) < 4.78 is 22.8. The molecule has 2 bridgehead atoms. The molecule has 0 aliphatic carbocycles. The number of rotatable bonds is 3. The topological polar surface area (TPSA) is 49.4 Å². The molecule has 3 aliphatic heterocycles. The van der Waals surface area contributed by atoms with E-state index in [1.54, 1.807) is 0 Å². The molecule has 3 aliphatic rings. The summed E-state index contributed by atoms with van der Waals surface area (Å²) in [5.74, 6) is 0. The van der Waals surface area contributed by atoms with Crippen LogP contribution in [-0.2, 0) is 9.84 Å². The Morgan fingerprint density at radius 2 is 2.00 bits per heavy atom. The summed E-state index contributed by atoms with van der Waals surface area (Å²) in [4.78, 5) is 2.25. The lowest BCUT2D eigenvalue weighted by Gasteiger charge is -2.46. The largest absolute Gasteiger partial charge is 0.318 e. The molecule has 0 amide bonds. The smallest absolute Gasteiger partial charge is 0.158 e. The van der Waals surface area contributed by atoms with Crippen LogP contribution in [-0.4, -0.2) is 57.0 Å². The van der Waals surface area contributed by atoms with Crippen LogP contribution in [0.5, 0.6) is 0 Å². The Labute approximate surface area is 79.2 Å². The SMILES string of the molecule is CNCCN1CC2CC(C1)S2(=O)=O. The zero-order valence-electron chi connectivity index (χ0n) is 7.86. The number of sulfone groups is 1. The molecule has 4 nitrogen and oxygen atoms in total. The van der Waals surface area contributed by atoms with Crippen LogP contribution in [0.15, 0.2) is 0 Å². The maximum atomic E-state index is 11.4. The quantitative estimate of drug-likeness (QED) is 0.646. The molecular formula is C8H16N2O2S. The van der Waals surface area contributed by atoms with Crippen LogP contribution in [0.2, 0.25) is 0 Å². The molecule has 3 rings (SSSR count). The van der Waals surface area contributed by atoms with Gasteiger partial charge in [-0.3, -0.25) is 4.90 Å². The first-order chi connectivity index (χ1) is 6.14. The van der Waals surface area contributed by atoms with Gasteiger partial charge in [-0.1, -0.05) is 0 Å². The van der Waals surface area contributed by atoms with E-state index in [4.69, 9.17) is 0 Å². The van der Waals surface area contributed by atoms with E-state index in [-0.39, 0.29) is 10.5 Å². The maximum Gasteiger partial charge on any atom is 0.158 e. The van der Waals surface area contributed by atoms with Gasteiger partial charge in [-0.15, -0.1) is 0 Å². The predicted octanol–water partition coefficient (Wildman–Crippen LogP) is -0.923. The van der Waals surface area contributed by atoms with Crippen LogP contribution in [0.4, 0.5) is 0 Å². The van der Waals surface area contributed by atoms with E-state index in [1.807, 2.05) is 7.05 Å². The van der Waals surface area contributed by atoms with Gasteiger partial charge in [0.25, 0.3) is 0 Å². The molecule has 2 atom stereocenters. The average Bonchev–Trinajstić information content (AvgIpc) is 2.15. The predicted molar refractivity (Wildman–Crippen MR) is 51.5 cm³/mol. The van der Waals surface area contributed by atoms with E-state index in [2.05, 4.69) is 10.2 Å². The van der Waals surface area contributed by atoms with E-state index in [0.717, 1.165) is 32.6 Å². The summed E-state index contributed by atoms with van der Waals surface area (Å²) in [6.45, 7) is 3.42. The highest BCUT2D eigenvalue weighted by Crippen LogP contribution is 2.34. The van der Waals surface area contributed by atoms with Crippen molar-refractivity contribution in [3.63, 3.8) is 0 Å². The van der Waals surface area contributed by atoms with Gasteiger partial charge in [-0.05, 0) is 13.5 Å². The lowest BCUT2D eigenvalue weighted by Crippen LogP contribution is -2.62. The second kappa shape index (κ2) is 3.22. The first-order valence-electron chi connectivity index (χ1n) is 4.74. The Hall–Kier alpha value is -0.130. The number of likely N-dealkylation sites (N-methyl/N-ethyl adjacent to an activating group) is 1. The molecule has 0 aromatic rings. The minimum absolute atomic E-state index is 0.0527. The highest BCUT2D eigenvalue weighted by atomic mass is 32.2. The monoisotopic (exact) mass is 204 g/mol. The van der Waals surface area contributed by atoms with Crippen molar-refractivity contribution in [3.05, 3.63) is 0 Å². The van der Waals surface area contributed by atoms with E-state index in [9.17, 15) is 8.42 Å². The molecule has 76 valence electrons. The van der Waals surface area contributed by atoms with Gasteiger partial charge in [-0.2, -0.15) is 0 Å². The third-order valence-electron chi connectivity index (χ3n) is 3.06. The maximum absolute atomic E-state index is 11.4. The van der Waals surface area contributed by atoms with Crippen LogP contribution in [0, 0.1) is 0 Å². The standard InChI is InChI=1S/C8H16N2O2S/c1-9-2-3-10-5-7-4-8(6-10)13(7,11)12/h7-9H,2-6H2,1H3. The van der Waals surface area contributed by atoms with Crippen LogP contribution in [0.3, 0.4) is 0 Å². The van der Waals surface area contributed by atoms with Crippen molar-refractivity contribution in [3.8, 4) is 0 Å². The van der Waals surface area contributed by atoms with Gasteiger partial charge in [0.2, 0.25) is 0 Å². The van der Waals surface area contributed by atoms with Crippen LogP contribution in [0.25, 0.3) is 0 Å². The van der Waals surface area contributed by atoms with E-state index < -0.39 is 9.84 Å². The van der Waals surface area contributed by atoms with E-state index >= 15 is 0 Å². The van der Waals surface area contributed by atoms with Crippen LogP contribution in [0.1, 0.15) is 6.42 Å². The minimum Gasteiger partial charge on any atom is -0.318 e. The molecule has 3 heterocycles. The molecule has 0 aromatic carbocycles. The van der Waals surface area contributed by atoms with Crippen molar-refractivity contribution in [2.45, 2.75) is 16.9 Å². The van der Waals surface area contributed by atoms with E-state index in [0.29, 0.717) is 0 Å². The lowest BCUT2D eigenvalue weighted by atomic mass is 10.1. The van der Waals surface area contributed by atoms with E-state index in [1.165, 1.54) is 0 Å². The summed E-state index contributed by atoms with van der Waals surface area (Å²) in [6.07, 6.45) is 0.901.